The number of carbonyl (C=O) groups excluding carboxylic acids is 1. The van der Waals surface area contributed by atoms with E-state index in [0.717, 1.165) is 12.8 Å². The van der Waals surface area contributed by atoms with E-state index < -0.39 is 30.1 Å². The first-order valence-corrected chi connectivity index (χ1v) is 7.36. The molecule has 0 amide bonds. The van der Waals surface area contributed by atoms with Gasteiger partial charge in [0.15, 0.2) is 0 Å². The zero-order chi connectivity index (χ0) is 14.8. The average Bonchev–Trinajstić information content (AvgIpc) is 2.35. The van der Waals surface area contributed by atoms with Gasteiger partial charge < -0.3 is 4.74 Å². The summed E-state index contributed by atoms with van der Waals surface area (Å²) in [6, 6.07) is 3.30. The normalized spacial score (nSPS) is 19.2. The number of aromatic nitrogens is 1. The van der Waals surface area contributed by atoms with Gasteiger partial charge >= 0.3 is 5.97 Å². The summed E-state index contributed by atoms with van der Waals surface area (Å²) in [6.07, 6.45) is 2.04. The quantitative estimate of drug-likeness (QED) is 0.599. The molecule has 110 valence electrons. The van der Waals surface area contributed by atoms with Crippen LogP contribution in [0.5, 0.6) is 0 Å². The highest BCUT2D eigenvalue weighted by Gasteiger charge is 2.63. The Morgan fingerprint density at radius 3 is 2.75 bits per heavy atom. The highest BCUT2D eigenvalue weighted by atomic mass is 79.9. The Balaban J connectivity index is 2.21. The number of hydrogen-bond donors (Lipinski definition) is 0. The lowest BCUT2D eigenvalue weighted by molar-refractivity contribution is -0.180. The summed E-state index contributed by atoms with van der Waals surface area (Å²) in [6.45, 7) is 2.23. The largest absolute Gasteiger partial charge is 0.465 e. The van der Waals surface area contributed by atoms with Crippen LogP contribution < -0.4 is 0 Å². The Morgan fingerprint density at radius 1 is 1.50 bits per heavy atom. The predicted octanol–water partition coefficient (Wildman–Crippen LogP) is 3.85. The van der Waals surface area contributed by atoms with Crippen LogP contribution >= 0.6 is 15.9 Å². The second-order valence-electron chi connectivity index (χ2n) is 5.14. The maximum absolute atomic E-state index is 13.3. The molecular weight excluding hydrogens is 332 g/mol. The van der Waals surface area contributed by atoms with Crippen molar-refractivity contribution in [2.24, 2.45) is 0 Å². The number of ether oxygens (including phenoxy) is 1. The van der Waals surface area contributed by atoms with E-state index in [1.807, 2.05) is 6.92 Å². The van der Waals surface area contributed by atoms with Crippen LogP contribution in [0.2, 0.25) is 0 Å². The van der Waals surface area contributed by atoms with E-state index in [1.165, 1.54) is 6.20 Å². The molecule has 0 spiro atoms. The molecule has 0 unspecified atom stereocenters. The molecule has 0 saturated heterocycles. The van der Waals surface area contributed by atoms with Gasteiger partial charge in [-0.1, -0.05) is 29.3 Å². The van der Waals surface area contributed by atoms with Crippen molar-refractivity contribution in [1.29, 1.82) is 0 Å². The SMILES string of the molecule is CCCCOC(=O)C1(c2cc(Br)ccn2)CC(F)(F)C1. The summed E-state index contributed by atoms with van der Waals surface area (Å²) < 4.78 is 32.5. The van der Waals surface area contributed by atoms with E-state index in [4.69, 9.17) is 4.74 Å². The van der Waals surface area contributed by atoms with Crippen LogP contribution in [0.25, 0.3) is 0 Å². The molecule has 2 rings (SSSR count). The van der Waals surface area contributed by atoms with Gasteiger partial charge in [0.2, 0.25) is 0 Å². The molecule has 0 radical (unpaired) electrons. The van der Waals surface area contributed by atoms with Crippen LogP contribution in [0.4, 0.5) is 8.78 Å². The van der Waals surface area contributed by atoms with Gasteiger partial charge in [0.1, 0.15) is 5.41 Å². The molecule has 0 N–H and O–H groups in total. The highest BCUT2D eigenvalue weighted by molar-refractivity contribution is 9.10. The number of unbranched alkanes of at least 4 members (excludes halogenated alkanes) is 1. The van der Waals surface area contributed by atoms with Gasteiger partial charge in [-0.15, -0.1) is 0 Å². The third-order valence-corrected chi connectivity index (χ3v) is 3.95. The van der Waals surface area contributed by atoms with Crippen molar-refractivity contribution in [3.8, 4) is 0 Å². The second-order valence-corrected chi connectivity index (χ2v) is 6.06. The molecule has 1 heterocycles. The molecule has 1 aromatic heterocycles. The third kappa shape index (κ3) is 3.00. The van der Waals surface area contributed by atoms with E-state index in [0.29, 0.717) is 10.2 Å². The van der Waals surface area contributed by atoms with Crippen molar-refractivity contribution in [3.63, 3.8) is 0 Å². The van der Waals surface area contributed by atoms with Gasteiger partial charge in [-0.25, -0.2) is 8.78 Å². The highest BCUT2D eigenvalue weighted by Crippen LogP contribution is 2.53. The van der Waals surface area contributed by atoms with Crippen molar-refractivity contribution in [2.45, 2.75) is 43.9 Å². The minimum atomic E-state index is -2.83. The first kappa shape index (κ1) is 15.4. The van der Waals surface area contributed by atoms with E-state index in [2.05, 4.69) is 20.9 Å². The maximum Gasteiger partial charge on any atom is 0.318 e. The van der Waals surface area contributed by atoms with Crippen LogP contribution in [0.1, 0.15) is 38.3 Å². The summed E-state index contributed by atoms with van der Waals surface area (Å²) in [7, 11) is 0. The topological polar surface area (TPSA) is 39.2 Å². The molecule has 0 atom stereocenters. The molecule has 1 fully saturated rings. The number of pyridine rings is 1. The van der Waals surface area contributed by atoms with Gasteiger partial charge in [-0.3, -0.25) is 9.78 Å². The van der Waals surface area contributed by atoms with Crippen molar-refractivity contribution in [1.82, 2.24) is 4.98 Å². The molecule has 1 saturated carbocycles. The minimum absolute atomic E-state index is 0.261. The smallest absolute Gasteiger partial charge is 0.318 e. The molecule has 1 aliphatic carbocycles. The lowest BCUT2D eigenvalue weighted by Gasteiger charge is -2.44. The number of rotatable bonds is 5. The molecule has 3 nitrogen and oxygen atoms in total. The molecule has 6 heteroatoms. The molecular formula is C14H16BrF2NO2. The number of hydrogen-bond acceptors (Lipinski definition) is 3. The Kier molecular flexibility index (Phi) is 4.42. The summed E-state index contributed by atoms with van der Waals surface area (Å²) >= 11 is 3.27. The summed E-state index contributed by atoms with van der Waals surface area (Å²) in [5.41, 5.74) is -0.958. The van der Waals surface area contributed by atoms with Crippen molar-refractivity contribution in [3.05, 3.63) is 28.5 Å². The Bertz CT molecular complexity index is 500. The Morgan fingerprint density at radius 2 is 2.20 bits per heavy atom. The second kappa shape index (κ2) is 5.76. The summed E-state index contributed by atoms with van der Waals surface area (Å²) in [5.74, 6) is -3.42. The van der Waals surface area contributed by atoms with Gasteiger partial charge in [0.25, 0.3) is 5.92 Å². The standard InChI is InChI=1S/C14H16BrF2NO2/c1-2-3-6-20-12(19)13(8-14(16,17)9-13)11-7-10(15)4-5-18-11/h4-5,7H,2-3,6,8-9H2,1H3. The van der Waals surface area contributed by atoms with E-state index >= 15 is 0 Å². The zero-order valence-electron chi connectivity index (χ0n) is 11.2. The van der Waals surface area contributed by atoms with Gasteiger partial charge in [0.05, 0.1) is 12.3 Å². The molecule has 20 heavy (non-hydrogen) atoms. The first-order chi connectivity index (χ1) is 9.39. The fourth-order valence-corrected chi connectivity index (χ4v) is 2.71. The Hall–Kier alpha value is -1.04. The third-order valence-electron chi connectivity index (χ3n) is 3.45. The fourth-order valence-electron chi connectivity index (χ4n) is 2.38. The van der Waals surface area contributed by atoms with Crippen molar-refractivity contribution >= 4 is 21.9 Å². The van der Waals surface area contributed by atoms with Gasteiger partial charge in [0, 0.05) is 23.5 Å². The molecule has 0 bridgehead atoms. The van der Waals surface area contributed by atoms with E-state index in [-0.39, 0.29) is 6.61 Å². The molecule has 0 aliphatic heterocycles. The Labute approximate surface area is 124 Å². The first-order valence-electron chi connectivity index (χ1n) is 6.57. The number of carbonyl (C=O) groups is 1. The van der Waals surface area contributed by atoms with Gasteiger partial charge in [-0.2, -0.15) is 0 Å². The number of esters is 1. The number of alkyl halides is 2. The summed E-state index contributed by atoms with van der Waals surface area (Å²) in [4.78, 5) is 16.3. The number of nitrogens with zero attached hydrogens (tertiary/aromatic N) is 1. The van der Waals surface area contributed by atoms with Crippen LogP contribution in [0.15, 0.2) is 22.8 Å². The summed E-state index contributed by atoms with van der Waals surface area (Å²) in [5, 5.41) is 0. The van der Waals surface area contributed by atoms with Crippen LogP contribution in [0.3, 0.4) is 0 Å². The fraction of sp³-hybridized carbons (Fsp3) is 0.571. The van der Waals surface area contributed by atoms with Crippen LogP contribution in [-0.4, -0.2) is 23.5 Å². The lowest BCUT2D eigenvalue weighted by atomic mass is 9.63. The number of halogens is 3. The van der Waals surface area contributed by atoms with Crippen molar-refractivity contribution < 1.29 is 18.3 Å². The molecule has 1 aromatic rings. The average molecular weight is 348 g/mol. The lowest BCUT2D eigenvalue weighted by Crippen LogP contribution is -2.55. The van der Waals surface area contributed by atoms with E-state index in [9.17, 15) is 13.6 Å². The zero-order valence-corrected chi connectivity index (χ0v) is 12.8. The van der Waals surface area contributed by atoms with Crippen LogP contribution in [0, 0.1) is 0 Å². The molecule has 0 aromatic carbocycles. The molecule has 1 aliphatic rings. The monoisotopic (exact) mass is 347 g/mol. The van der Waals surface area contributed by atoms with E-state index in [1.54, 1.807) is 12.1 Å². The van der Waals surface area contributed by atoms with Gasteiger partial charge in [-0.05, 0) is 18.6 Å². The van der Waals surface area contributed by atoms with Crippen LogP contribution in [-0.2, 0) is 14.9 Å². The minimum Gasteiger partial charge on any atom is -0.465 e. The van der Waals surface area contributed by atoms with Crippen molar-refractivity contribution in [2.75, 3.05) is 6.61 Å². The predicted molar refractivity (Wildman–Crippen MR) is 73.7 cm³/mol. The maximum atomic E-state index is 13.3.